The van der Waals surface area contributed by atoms with Crippen molar-refractivity contribution in [1.29, 1.82) is 0 Å². The molecule has 1 saturated heterocycles. The summed E-state index contributed by atoms with van der Waals surface area (Å²) < 4.78 is 33.2. The Hall–Kier alpha value is -2.02. The third-order valence-electron chi connectivity index (χ3n) is 5.57. The summed E-state index contributed by atoms with van der Waals surface area (Å²) in [5, 5.41) is 5.00. The van der Waals surface area contributed by atoms with Crippen molar-refractivity contribution in [2.45, 2.75) is 36.6 Å². The maximum atomic E-state index is 13.4. The lowest BCUT2D eigenvalue weighted by atomic mass is 9.92. The van der Waals surface area contributed by atoms with Crippen molar-refractivity contribution < 1.29 is 13.2 Å². The van der Waals surface area contributed by atoms with Crippen LogP contribution in [0.4, 0.5) is 0 Å². The molecule has 2 unspecified atom stereocenters. The molecule has 1 N–H and O–H groups in total. The summed E-state index contributed by atoms with van der Waals surface area (Å²) in [5.41, 5.74) is 1.63. The first-order valence-corrected chi connectivity index (χ1v) is 11.2. The molecule has 0 radical (unpaired) electrons. The fraction of sp³-hybridized carbons (Fsp3) is 0.333. The second-order valence-electron chi connectivity index (χ2n) is 7.21. The predicted molar refractivity (Wildman–Crippen MR) is 112 cm³/mol. The summed E-state index contributed by atoms with van der Waals surface area (Å²) >= 11 is 6.24. The molecule has 0 spiro atoms. The first-order valence-electron chi connectivity index (χ1n) is 9.35. The van der Waals surface area contributed by atoms with Gasteiger partial charge in [0.25, 0.3) is 10.0 Å². The SMILES string of the molecule is COc1ccc(S(=O)(=O)n2cc(C(C)C3CCCN3)c3cc(Cl)ccc32)cc1. The molecule has 1 aliphatic heterocycles. The fourth-order valence-corrected chi connectivity index (χ4v) is 5.52. The highest BCUT2D eigenvalue weighted by Crippen LogP contribution is 2.35. The number of hydrogen-bond donors (Lipinski definition) is 1. The Bertz CT molecular complexity index is 1100. The summed E-state index contributed by atoms with van der Waals surface area (Å²) in [6, 6.07) is 12.1. The summed E-state index contributed by atoms with van der Waals surface area (Å²) in [6.07, 6.45) is 3.98. The third kappa shape index (κ3) is 3.30. The van der Waals surface area contributed by atoms with Gasteiger partial charge in [0.2, 0.25) is 0 Å². The molecule has 1 aromatic heterocycles. The van der Waals surface area contributed by atoms with Crippen molar-refractivity contribution in [3.05, 3.63) is 59.2 Å². The second-order valence-corrected chi connectivity index (χ2v) is 9.47. The fourth-order valence-electron chi connectivity index (χ4n) is 3.98. The molecule has 0 amide bonds. The van der Waals surface area contributed by atoms with E-state index in [-0.39, 0.29) is 10.8 Å². The van der Waals surface area contributed by atoms with E-state index in [0.29, 0.717) is 22.3 Å². The van der Waals surface area contributed by atoms with Crippen molar-refractivity contribution in [2.75, 3.05) is 13.7 Å². The lowest BCUT2D eigenvalue weighted by Crippen LogP contribution is -2.27. The lowest BCUT2D eigenvalue weighted by Gasteiger charge is -2.19. The highest BCUT2D eigenvalue weighted by Gasteiger charge is 2.28. The number of halogens is 1. The van der Waals surface area contributed by atoms with Gasteiger partial charge in [-0.05, 0) is 73.3 Å². The molecule has 0 bridgehead atoms. The maximum absolute atomic E-state index is 13.4. The van der Waals surface area contributed by atoms with E-state index in [9.17, 15) is 8.42 Å². The zero-order valence-corrected chi connectivity index (χ0v) is 17.4. The van der Waals surface area contributed by atoms with Gasteiger partial charge in [0.05, 0.1) is 17.5 Å². The number of fused-ring (bicyclic) bond motifs is 1. The van der Waals surface area contributed by atoms with Gasteiger partial charge in [-0.3, -0.25) is 0 Å². The minimum absolute atomic E-state index is 0.177. The second kappa shape index (κ2) is 7.43. The van der Waals surface area contributed by atoms with E-state index in [0.717, 1.165) is 30.3 Å². The van der Waals surface area contributed by atoms with E-state index in [1.54, 1.807) is 49.7 Å². The van der Waals surface area contributed by atoms with E-state index >= 15 is 0 Å². The van der Waals surface area contributed by atoms with Gasteiger partial charge in [0.1, 0.15) is 5.75 Å². The summed E-state index contributed by atoms with van der Waals surface area (Å²) in [6.45, 7) is 3.14. The first-order chi connectivity index (χ1) is 13.4. The first kappa shape index (κ1) is 19.3. The Morgan fingerprint density at radius 3 is 2.61 bits per heavy atom. The van der Waals surface area contributed by atoms with Crippen LogP contribution < -0.4 is 10.1 Å². The molecule has 1 aliphatic rings. The molecular weight excluding hydrogens is 396 g/mol. The molecule has 2 atom stereocenters. The normalized spacial score (nSPS) is 18.5. The maximum Gasteiger partial charge on any atom is 0.268 e. The van der Waals surface area contributed by atoms with Gasteiger partial charge in [-0.15, -0.1) is 0 Å². The number of aromatic nitrogens is 1. The molecule has 0 saturated carbocycles. The molecule has 3 aromatic rings. The minimum Gasteiger partial charge on any atom is -0.497 e. The smallest absolute Gasteiger partial charge is 0.268 e. The van der Waals surface area contributed by atoms with Crippen LogP contribution in [0.25, 0.3) is 10.9 Å². The van der Waals surface area contributed by atoms with Crippen LogP contribution in [0, 0.1) is 0 Å². The molecule has 7 heteroatoms. The number of methoxy groups -OCH3 is 1. The predicted octanol–water partition coefficient (Wildman–Crippen LogP) is 4.40. The van der Waals surface area contributed by atoms with Crippen LogP contribution in [0.1, 0.15) is 31.2 Å². The molecular formula is C21H23ClN2O3S. The number of nitrogens with zero attached hydrogens (tertiary/aromatic N) is 1. The van der Waals surface area contributed by atoms with Crippen LogP contribution in [0.2, 0.25) is 5.02 Å². The highest BCUT2D eigenvalue weighted by molar-refractivity contribution is 7.90. The Labute approximate surface area is 170 Å². The topological polar surface area (TPSA) is 60.3 Å². The van der Waals surface area contributed by atoms with Crippen LogP contribution in [-0.4, -0.2) is 32.1 Å². The zero-order chi connectivity index (χ0) is 19.9. The molecule has 4 rings (SSSR count). The average Bonchev–Trinajstić information content (AvgIpc) is 3.35. The van der Waals surface area contributed by atoms with E-state index in [1.807, 2.05) is 6.07 Å². The number of ether oxygens (including phenoxy) is 1. The average molecular weight is 419 g/mol. The molecule has 2 aromatic carbocycles. The van der Waals surface area contributed by atoms with Crippen molar-refractivity contribution in [3.63, 3.8) is 0 Å². The van der Waals surface area contributed by atoms with Gasteiger partial charge < -0.3 is 10.1 Å². The van der Waals surface area contributed by atoms with Gasteiger partial charge in [0, 0.05) is 22.6 Å². The number of nitrogens with one attached hydrogen (secondary N) is 1. The standard InChI is InChI=1S/C21H23ClN2O3S/c1-14(20-4-3-11-23-20)19-13-24(21-10-5-15(22)12-18(19)21)28(25,26)17-8-6-16(27-2)7-9-17/h5-10,12-14,20,23H,3-4,11H2,1-2H3. The monoisotopic (exact) mass is 418 g/mol. The Morgan fingerprint density at radius 1 is 1.21 bits per heavy atom. The number of hydrogen-bond acceptors (Lipinski definition) is 4. The summed E-state index contributed by atoms with van der Waals surface area (Å²) in [4.78, 5) is 0.221. The molecule has 5 nitrogen and oxygen atoms in total. The van der Waals surface area contributed by atoms with E-state index in [4.69, 9.17) is 16.3 Å². The van der Waals surface area contributed by atoms with Crippen LogP contribution in [-0.2, 0) is 10.0 Å². The number of rotatable bonds is 5. The molecule has 0 aliphatic carbocycles. The number of benzene rings is 2. The van der Waals surface area contributed by atoms with Crippen LogP contribution in [0.15, 0.2) is 53.6 Å². The van der Waals surface area contributed by atoms with E-state index in [1.165, 1.54) is 3.97 Å². The lowest BCUT2D eigenvalue weighted by molar-refractivity contribution is 0.414. The quantitative estimate of drug-likeness (QED) is 0.667. The zero-order valence-electron chi connectivity index (χ0n) is 15.9. The van der Waals surface area contributed by atoms with Crippen molar-refractivity contribution in [1.82, 2.24) is 9.29 Å². The van der Waals surface area contributed by atoms with Crippen molar-refractivity contribution in [2.24, 2.45) is 0 Å². The Balaban J connectivity index is 1.86. The van der Waals surface area contributed by atoms with Crippen molar-refractivity contribution in [3.8, 4) is 5.75 Å². The molecule has 1 fully saturated rings. The molecule has 28 heavy (non-hydrogen) atoms. The highest BCUT2D eigenvalue weighted by atomic mass is 35.5. The van der Waals surface area contributed by atoms with Crippen molar-refractivity contribution >= 4 is 32.5 Å². The minimum atomic E-state index is -3.74. The summed E-state index contributed by atoms with van der Waals surface area (Å²) in [5.74, 6) is 0.792. The van der Waals surface area contributed by atoms with E-state index < -0.39 is 10.0 Å². The Kier molecular flexibility index (Phi) is 5.12. The van der Waals surface area contributed by atoms with Crippen LogP contribution in [0.5, 0.6) is 5.75 Å². The van der Waals surface area contributed by atoms with Gasteiger partial charge >= 0.3 is 0 Å². The largest absolute Gasteiger partial charge is 0.497 e. The third-order valence-corrected chi connectivity index (χ3v) is 7.50. The van der Waals surface area contributed by atoms with Crippen LogP contribution in [0.3, 0.4) is 0 Å². The Morgan fingerprint density at radius 2 is 1.96 bits per heavy atom. The van der Waals surface area contributed by atoms with Gasteiger partial charge in [-0.1, -0.05) is 18.5 Å². The van der Waals surface area contributed by atoms with E-state index in [2.05, 4.69) is 12.2 Å². The molecule has 2 heterocycles. The van der Waals surface area contributed by atoms with Crippen LogP contribution >= 0.6 is 11.6 Å². The van der Waals surface area contributed by atoms with Gasteiger partial charge in [-0.25, -0.2) is 12.4 Å². The van der Waals surface area contributed by atoms with Gasteiger partial charge in [-0.2, -0.15) is 0 Å². The van der Waals surface area contributed by atoms with Gasteiger partial charge in [0.15, 0.2) is 0 Å². The molecule has 148 valence electrons. The summed E-state index contributed by atoms with van der Waals surface area (Å²) in [7, 11) is -2.19.